The van der Waals surface area contributed by atoms with Gasteiger partial charge in [0.25, 0.3) is 6.29 Å². The standard InChI is InChI=1S/C14H21NO8/c1-7(2)13(20)22-11(23-14(21)8(3)4)5-10(18)15-12(19)9(17)6-16/h9,11-12,16-17,19H,1,3,5-6H2,2,4H3,(H,15,18). The number of aliphatic hydroxyl groups is 3. The van der Waals surface area contributed by atoms with Gasteiger partial charge in [-0.2, -0.15) is 0 Å². The first-order valence-electron chi connectivity index (χ1n) is 6.57. The Hall–Kier alpha value is -2.23. The lowest BCUT2D eigenvalue weighted by molar-refractivity contribution is -0.184. The van der Waals surface area contributed by atoms with E-state index in [4.69, 9.17) is 19.7 Å². The van der Waals surface area contributed by atoms with Gasteiger partial charge >= 0.3 is 11.9 Å². The van der Waals surface area contributed by atoms with Gasteiger partial charge in [0.1, 0.15) is 12.5 Å². The molecule has 0 rings (SSSR count). The van der Waals surface area contributed by atoms with Gasteiger partial charge in [-0.3, -0.25) is 4.79 Å². The number of hydrogen-bond donors (Lipinski definition) is 4. The molecule has 23 heavy (non-hydrogen) atoms. The molecule has 9 heteroatoms. The summed E-state index contributed by atoms with van der Waals surface area (Å²) in [5.41, 5.74) is 0.0510. The summed E-state index contributed by atoms with van der Waals surface area (Å²) in [6.45, 7) is 8.65. The molecule has 0 heterocycles. The number of hydrogen-bond acceptors (Lipinski definition) is 8. The van der Waals surface area contributed by atoms with Crippen molar-refractivity contribution >= 4 is 17.8 Å². The Labute approximate surface area is 133 Å². The Bertz CT molecular complexity index is 459. The summed E-state index contributed by atoms with van der Waals surface area (Å²) < 4.78 is 9.59. The van der Waals surface area contributed by atoms with Crippen molar-refractivity contribution in [3.8, 4) is 0 Å². The fourth-order valence-electron chi connectivity index (χ4n) is 1.12. The highest BCUT2D eigenvalue weighted by molar-refractivity contribution is 5.89. The summed E-state index contributed by atoms with van der Waals surface area (Å²) in [6, 6.07) is 0. The minimum atomic E-state index is -1.73. The highest BCUT2D eigenvalue weighted by Gasteiger charge is 2.25. The van der Waals surface area contributed by atoms with Gasteiger partial charge in [-0.05, 0) is 13.8 Å². The van der Waals surface area contributed by atoms with Gasteiger partial charge in [0.2, 0.25) is 5.91 Å². The number of carbonyl (C=O) groups excluding carboxylic acids is 3. The summed E-state index contributed by atoms with van der Waals surface area (Å²) >= 11 is 0. The second-order valence-electron chi connectivity index (χ2n) is 4.77. The van der Waals surface area contributed by atoms with Crippen LogP contribution in [0.5, 0.6) is 0 Å². The van der Waals surface area contributed by atoms with E-state index in [2.05, 4.69) is 13.2 Å². The molecule has 0 saturated heterocycles. The van der Waals surface area contributed by atoms with E-state index in [1.165, 1.54) is 13.8 Å². The number of nitrogens with one attached hydrogen (secondary N) is 1. The Morgan fingerprint density at radius 1 is 1.04 bits per heavy atom. The maximum Gasteiger partial charge on any atom is 0.336 e. The highest BCUT2D eigenvalue weighted by Crippen LogP contribution is 2.08. The lowest BCUT2D eigenvalue weighted by Gasteiger charge is -2.20. The van der Waals surface area contributed by atoms with E-state index in [9.17, 15) is 19.5 Å². The molecule has 0 spiro atoms. The Balaban J connectivity index is 4.82. The first-order valence-corrected chi connectivity index (χ1v) is 6.57. The molecule has 130 valence electrons. The number of aliphatic hydroxyl groups excluding tert-OH is 3. The van der Waals surface area contributed by atoms with Crippen molar-refractivity contribution in [3.63, 3.8) is 0 Å². The van der Waals surface area contributed by atoms with Gasteiger partial charge in [0.05, 0.1) is 6.61 Å². The molecule has 0 aromatic rings. The van der Waals surface area contributed by atoms with E-state index >= 15 is 0 Å². The first kappa shape index (κ1) is 20.8. The molecule has 0 aromatic carbocycles. The lowest BCUT2D eigenvalue weighted by atomic mass is 10.3. The molecule has 9 nitrogen and oxygen atoms in total. The molecule has 0 aliphatic carbocycles. The molecular formula is C14H21NO8. The smallest absolute Gasteiger partial charge is 0.336 e. The van der Waals surface area contributed by atoms with Crippen molar-refractivity contribution in [1.82, 2.24) is 5.32 Å². The molecule has 2 unspecified atom stereocenters. The second-order valence-corrected chi connectivity index (χ2v) is 4.77. The zero-order valence-electron chi connectivity index (χ0n) is 12.9. The highest BCUT2D eigenvalue weighted by atomic mass is 16.7. The topological polar surface area (TPSA) is 142 Å². The number of carbonyl (C=O) groups is 3. The van der Waals surface area contributed by atoms with Crippen molar-refractivity contribution in [2.75, 3.05) is 6.61 Å². The minimum absolute atomic E-state index is 0.0255. The average molecular weight is 331 g/mol. The quantitative estimate of drug-likeness (QED) is 0.233. The Morgan fingerprint density at radius 3 is 1.83 bits per heavy atom. The summed E-state index contributed by atoms with van der Waals surface area (Å²) in [6.07, 6.45) is -5.52. The van der Waals surface area contributed by atoms with Crippen LogP contribution in [0.3, 0.4) is 0 Å². The van der Waals surface area contributed by atoms with E-state index in [1.54, 1.807) is 0 Å². The maximum atomic E-state index is 11.7. The molecule has 2 atom stereocenters. The van der Waals surface area contributed by atoms with Crippen LogP contribution in [-0.2, 0) is 23.9 Å². The van der Waals surface area contributed by atoms with Crippen LogP contribution < -0.4 is 5.32 Å². The average Bonchev–Trinajstić information content (AvgIpc) is 2.45. The molecule has 0 aliphatic rings. The monoisotopic (exact) mass is 331 g/mol. The largest absolute Gasteiger partial charge is 0.421 e. The number of ether oxygens (including phenoxy) is 2. The minimum Gasteiger partial charge on any atom is -0.421 e. The molecule has 0 aliphatic heterocycles. The first-order chi connectivity index (χ1) is 10.6. The van der Waals surface area contributed by atoms with Gasteiger partial charge in [0.15, 0.2) is 6.23 Å². The molecule has 0 bridgehead atoms. The summed E-state index contributed by atoms with van der Waals surface area (Å²) in [5, 5.41) is 29.1. The predicted molar refractivity (Wildman–Crippen MR) is 77.5 cm³/mol. The number of rotatable bonds is 9. The summed E-state index contributed by atoms with van der Waals surface area (Å²) in [7, 11) is 0. The molecule has 1 amide bonds. The van der Waals surface area contributed by atoms with Crippen molar-refractivity contribution in [3.05, 3.63) is 24.3 Å². The van der Waals surface area contributed by atoms with Crippen molar-refractivity contribution in [2.24, 2.45) is 0 Å². The molecule has 0 radical (unpaired) electrons. The van der Waals surface area contributed by atoms with Crippen LogP contribution in [0.2, 0.25) is 0 Å². The number of amides is 1. The fraction of sp³-hybridized carbons (Fsp3) is 0.500. The van der Waals surface area contributed by atoms with Crippen molar-refractivity contribution in [2.45, 2.75) is 38.9 Å². The van der Waals surface area contributed by atoms with Crippen LogP contribution in [0, 0.1) is 0 Å². The molecule has 4 N–H and O–H groups in total. The third kappa shape index (κ3) is 8.10. The van der Waals surface area contributed by atoms with E-state index in [0.29, 0.717) is 0 Å². The van der Waals surface area contributed by atoms with E-state index in [1.807, 2.05) is 5.32 Å². The van der Waals surface area contributed by atoms with Crippen molar-refractivity contribution < 1.29 is 39.2 Å². The Morgan fingerprint density at radius 2 is 1.48 bits per heavy atom. The third-order valence-corrected chi connectivity index (χ3v) is 2.39. The van der Waals surface area contributed by atoms with Gasteiger partial charge < -0.3 is 30.1 Å². The summed E-state index contributed by atoms with van der Waals surface area (Å²) in [4.78, 5) is 34.6. The van der Waals surface area contributed by atoms with Crippen LogP contribution in [-0.4, -0.2) is 58.4 Å². The van der Waals surface area contributed by atoms with Gasteiger partial charge in [-0.1, -0.05) is 13.2 Å². The van der Waals surface area contributed by atoms with Crippen LogP contribution in [0.25, 0.3) is 0 Å². The van der Waals surface area contributed by atoms with Crippen LogP contribution in [0.4, 0.5) is 0 Å². The summed E-state index contributed by atoms with van der Waals surface area (Å²) in [5.74, 6) is -2.65. The van der Waals surface area contributed by atoms with E-state index in [-0.39, 0.29) is 11.1 Å². The van der Waals surface area contributed by atoms with Gasteiger partial charge in [-0.15, -0.1) is 0 Å². The molecule has 0 aromatic heterocycles. The normalized spacial score (nSPS) is 13.0. The zero-order valence-corrected chi connectivity index (χ0v) is 12.9. The molecule has 0 fully saturated rings. The fourth-order valence-corrected chi connectivity index (χ4v) is 1.12. The zero-order chi connectivity index (χ0) is 18.2. The third-order valence-electron chi connectivity index (χ3n) is 2.39. The molecular weight excluding hydrogens is 310 g/mol. The van der Waals surface area contributed by atoms with E-state index < -0.39 is 49.5 Å². The van der Waals surface area contributed by atoms with Gasteiger partial charge in [-0.25, -0.2) is 9.59 Å². The molecule has 0 saturated carbocycles. The van der Waals surface area contributed by atoms with Gasteiger partial charge in [0, 0.05) is 11.1 Å². The SMILES string of the molecule is C=C(C)C(=O)OC(CC(=O)NC(O)C(O)CO)OC(=O)C(=C)C. The number of esters is 2. The van der Waals surface area contributed by atoms with E-state index in [0.717, 1.165) is 0 Å². The Kier molecular flexibility index (Phi) is 8.78. The lowest BCUT2D eigenvalue weighted by Crippen LogP contribution is -2.46. The maximum absolute atomic E-state index is 11.7. The van der Waals surface area contributed by atoms with Crippen LogP contribution >= 0.6 is 0 Å². The second kappa shape index (κ2) is 9.72. The predicted octanol–water partition coefficient (Wildman–Crippen LogP) is -1.27. The van der Waals surface area contributed by atoms with Crippen LogP contribution in [0.1, 0.15) is 20.3 Å². The van der Waals surface area contributed by atoms with Crippen LogP contribution in [0.15, 0.2) is 24.3 Å². The van der Waals surface area contributed by atoms with Crippen molar-refractivity contribution in [1.29, 1.82) is 0 Å².